The van der Waals surface area contributed by atoms with Crippen molar-refractivity contribution in [3.8, 4) is 10.4 Å². The molecule has 0 aliphatic heterocycles. The van der Waals surface area contributed by atoms with Gasteiger partial charge in [0.1, 0.15) is 0 Å². The van der Waals surface area contributed by atoms with Crippen molar-refractivity contribution in [1.29, 1.82) is 0 Å². The normalized spacial score (nSPS) is 19.8. The minimum atomic E-state index is -0.736. The van der Waals surface area contributed by atoms with Gasteiger partial charge in [0.2, 0.25) is 0 Å². The zero-order valence-corrected chi connectivity index (χ0v) is 15.7. The second kappa shape index (κ2) is 8.13. The van der Waals surface area contributed by atoms with Gasteiger partial charge in [-0.2, -0.15) is 0 Å². The topological polar surface area (TPSA) is 52.6 Å². The molecule has 3 rings (SSSR count). The summed E-state index contributed by atoms with van der Waals surface area (Å²) < 4.78 is 0. The van der Waals surface area contributed by atoms with E-state index in [1.807, 2.05) is 18.3 Å². The average Bonchev–Trinajstić information content (AvgIpc) is 3.01. The first-order valence-electron chi connectivity index (χ1n) is 8.90. The first-order valence-corrected chi connectivity index (χ1v) is 9.71. The maximum atomic E-state index is 10.9. The van der Waals surface area contributed by atoms with Crippen molar-refractivity contribution >= 4 is 17.3 Å². The van der Waals surface area contributed by atoms with Gasteiger partial charge in [-0.15, -0.1) is 11.3 Å². The van der Waals surface area contributed by atoms with Gasteiger partial charge in [0.15, 0.2) is 0 Å². The van der Waals surface area contributed by atoms with E-state index in [4.69, 9.17) is 5.11 Å². The number of rotatable bonds is 8. The number of nitrogens with zero attached hydrogens (tertiary/aromatic N) is 1. The minimum Gasteiger partial charge on any atom is -0.480 e. The molecule has 0 amide bonds. The van der Waals surface area contributed by atoms with Crippen molar-refractivity contribution in [2.75, 3.05) is 13.1 Å². The number of aliphatic carboxylic acids is 1. The number of benzene rings is 1. The van der Waals surface area contributed by atoms with Crippen LogP contribution in [0.15, 0.2) is 36.4 Å². The molecule has 0 unspecified atom stereocenters. The third-order valence-electron chi connectivity index (χ3n) is 4.94. The van der Waals surface area contributed by atoms with E-state index in [1.54, 1.807) is 0 Å². The van der Waals surface area contributed by atoms with Crippen LogP contribution in [-0.4, -0.2) is 41.1 Å². The molecule has 0 radical (unpaired) electrons. The fraction of sp³-hybridized carbons (Fsp3) is 0.450. The zero-order chi connectivity index (χ0) is 17.8. The van der Waals surface area contributed by atoms with Crippen LogP contribution < -0.4 is 5.32 Å². The summed E-state index contributed by atoms with van der Waals surface area (Å²) in [4.78, 5) is 15.6. The van der Waals surface area contributed by atoms with Gasteiger partial charge < -0.3 is 10.4 Å². The van der Waals surface area contributed by atoms with E-state index < -0.39 is 5.97 Å². The van der Waals surface area contributed by atoms with Crippen LogP contribution in [0.25, 0.3) is 10.4 Å². The summed E-state index contributed by atoms with van der Waals surface area (Å²) in [7, 11) is 0. The first kappa shape index (κ1) is 18.1. The summed E-state index contributed by atoms with van der Waals surface area (Å²) in [5.74, 6) is -0.736. The molecule has 1 aliphatic carbocycles. The van der Waals surface area contributed by atoms with Crippen LogP contribution in [0.5, 0.6) is 0 Å². The van der Waals surface area contributed by atoms with Gasteiger partial charge in [-0.05, 0) is 44.0 Å². The molecule has 1 fully saturated rings. The predicted molar refractivity (Wildman–Crippen MR) is 103 cm³/mol. The summed E-state index contributed by atoms with van der Waals surface area (Å²) in [6.45, 7) is 5.98. The molecule has 5 heteroatoms. The predicted octanol–water partition coefficient (Wildman–Crippen LogP) is 3.75. The Hall–Kier alpha value is -1.69. The molecule has 1 heterocycles. The number of nitrogens with one attached hydrogen (secondary N) is 1. The molecule has 1 saturated carbocycles. The summed E-state index contributed by atoms with van der Waals surface area (Å²) in [5, 5.41) is 12.6. The monoisotopic (exact) mass is 358 g/mol. The van der Waals surface area contributed by atoms with Gasteiger partial charge >= 0.3 is 5.97 Å². The Bertz CT molecular complexity index is 705. The highest BCUT2D eigenvalue weighted by Gasteiger charge is 2.33. The maximum Gasteiger partial charge on any atom is 0.317 e. The van der Waals surface area contributed by atoms with Crippen LogP contribution in [0.2, 0.25) is 0 Å². The largest absolute Gasteiger partial charge is 0.480 e. The third-order valence-corrected chi connectivity index (χ3v) is 6.07. The summed E-state index contributed by atoms with van der Waals surface area (Å²) in [6.07, 6.45) is 2.08. The molecular weight excluding hydrogens is 332 g/mol. The molecule has 0 bridgehead atoms. The van der Waals surface area contributed by atoms with Crippen LogP contribution in [0.3, 0.4) is 0 Å². The number of thiophene rings is 1. The van der Waals surface area contributed by atoms with Crippen LogP contribution in [0.4, 0.5) is 0 Å². The molecule has 4 nitrogen and oxygen atoms in total. The van der Waals surface area contributed by atoms with Crippen LogP contribution in [-0.2, 0) is 11.3 Å². The van der Waals surface area contributed by atoms with Gasteiger partial charge in [0.05, 0.1) is 6.54 Å². The van der Waals surface area contributed by atoms with Crippen LogP contribution >= 0.6 is 11.3 Å². The maximum absolute atomic E-state index is 10.9. The van der Waals surface area contributed by atoms with E-state index in [0.29, 0.717) is 12.1 Å². The first-order chi connectivity index (χ1) is 12.0. The molecular formula is C20H26N2O2S. The Morgan fingerprint density at radius 1 is 1.24 bits per heavy atom. The van der Waals surface area contributed by atoms with E-state index in [2.05, 4.69) is 53.5 Å². The van der Waals surface area contributed by atoms with Crippen molar-refractivity contribution in [2.45, 2.75) is 45.3 Å². The highest BCUT2D eigenvalue weighted by Crippen LogP contribution is 2.30. The van der Waals surface area contributed by atoms with Crippen molar-refractivity contribution in [2.24, 2.45) is 0 Å². The van der Waals surface area contributed by atoms with Gasteiger partial charge in [-0.1, -0.05) is 36.8 Å². The second-order valence-corrected chi connectivity index (χ2v) is 7.96. The molecule has 1 aliphatic rings. The Balaban J connectivity index is 1.46. The summed E-state index contributed by atoms with van der Waals surface area (Å²) in [6, 6.07) is 14.0. The van der Waals surface area contributed by atoms with Crippen molar-refractivity contribution in [1.82, 2.24) is 10.2 Å². The van der Waals surface area contributed by atoms with E-state index in [0.717, 1.165) is 25.9 Å². The van der Waals surface area contributed by atoms with Crippen molar-refractivity contribution < 1.29 is 9.90 Å². The number of aryl methyl sites for hydroxylation is 1. The quantitative estimate of drug-likeness (QED) is 0.755. The number of carboxylic acid groups (broad SMARTS) is 1. The minimum absolute atomic E-state index is 0.152. The molecule has 0 atom stereocenters. The van der Waals surface area contributed by atoms with Crippen molar-refractivity contribution in [3.63, 3.8) is 0 Å². The van der Waals surface area contributed by atoms with E-state index in [9.17, 15) is 4.79 Å². The number of carboxylic acids is 1. The molecule has 2 aromatic rings. The molecule has 1 aromatic heterocycles. The lowest BCUT2D eigenvalue weighted by molar-refractivity contribution is -0.139. The molecule has 2 N–H and O–H groups in total. The molecule has 0 spiro atoms. The summed E-state index contributed by atoms with van der Waals surface area (Å²) >= 11 is 1.84. The van der Waals surface area contributed by atoms with Gasteiger partial charge in [-0.3, -0.25) is 9.69 Å². The lowest BCUT2D eigenvalue weighted by Crippen LogP contribution is -2.53. The Morgan fingerprint density at radius 2 is 1.96 bits per heavy atom. The van der Waals surface area contributed by atoms with Gasteiger partial charge in [0.25, 0.3) is 0 Å². The number of hydrogen-bond acceptors (Lipinski definition) is 4. The van der Waals surface area contributed by atoms with Crippen LogP contribution in [0, 0.1) is 6.92 Å². The Morgan fingerprint density at radius 3 is 2.60 bits per heavy atom. The molecule has 134 valence electrons. The van der Waals surface area contributed by atoms with E-state index in [-0.39, 0.29) is 6.54 Å². The molecule has 25 heavy (non-hydrogen) atoms. The lowest BCUT2D eigenvalue weighted by atomic mass is 9.85. The van der Waals surface area contributed by atoms with Gasteiger partial charge in [0, 0.05) is 28.4 Å². The van der Waals surface area contributed by atoms with E-state index >= 15 is 0 Å². The van der Waals surface area contributed by atoms with Gasteiger partial charge in [-0.25, -0.2) is 0 Å². The molecule has 0 saturated heterocycles. The fourth-order valence-electron chi connectivity index (χ4n) is 3.32. The fourth-order valence-corrected chi connectivity index (χ4v) is 4.28. The lowest BCUT2D eigenvalue weighted by Gasteiger charge is -2.42. The molecule has 1 aromatic carbocycles. The second-order valence-electron chi connectivity index (χ2n) is 6.79. The third kappa shape index (κ3) is 4.69. The smallest absolute Gasteiger partial charge is 0.317 e. The average molecular weight is 359 g/mol. The number of hydrogen-bond donors (Lipinski definition) is 2. The Labute approximate surface area is 153 Å². The highest BCUT2D eigenvalue weighted by atomic mass is 32.1. The SMILES string of the molecule is CCN(CC(=O)O)C1CC(NCc2ccc(-c3ccc(C)cc3)s2)C1. The number of carbonyl (C=O) groups is 1. The standard InChI is InChI=1S/C20H26N2O2S/c1-3-22(13-20(23)24)17-10-16(11-17)21-12-18-8-9-19(25-18)15-6-4-14(2)5-7-15/h4-9,16-17,21H,3,10-13H2,1-2H3,(H,23,24). The van der Waals surface area contributed by atoms with Crippen molar-refractivity contribution in [3.05, 3.63) is 46.8 Å². The highest BCUT2D eigenvalue weighted by molar-refractivity contribution is 7.15. The van der Waals surface area contributed by atoms with Crippen LogP contribution in [0.1, 0.15) is 30.2 Å². The zero-order valence-electron chi connectivity index (χ0n) is 14.9. The summed E-state index contributed by atoms with van der Waals surface area (Å²) in [5.41, 5.74) is 2.56. The Kier molecular flexibility index (Phi) is 5.89. The number of likely N-dealkylation sites (N-methyl/N-ethyl adjacent to an activating group) is 1. The van der Waals surface area contributed by atoms with E-state index in [1.165, 1.54) is 20.9 Å².